The number of carbonyl (C=O) groups is 2. The lowest BCUT2D eigenvalue weighted by Crippen LogP contribution is -2.30. The van der Waals surface area contributed by atoms with Crippen molar-refractivity contribution in [3.8, 4) is 11.5 Å². The van der Waals surface area contributed by atoms with Gasteiger partial charge in [-0.2, -0.15) is 0 Å². The average Bonchev–Trinajstić information content (AvgIpc) is 2.61. The number of nitrogens with zero attached hydrogens (tertiary/aromatic N) is 1. The van der Waals surface area contributed by atoms with E-state index < -0.39 is 18.0 Å². The van der Waals surface area contributed by atoms with Crippen LogP contribution in [0.5, 0.6) is 11.5 Å². The third-order valence-corrected chi connectivity index (χ3v) is 3.55. The van der Waals surface area contributed by atoms with Crippen molar-refractivity contribution >= 4 is 29.2 Å². The number of benzene rings is 1. The summed E-state index contributed by atoms with van der Waals surface area (Å²) < 4.78 is 15.4. The largest absolute Gasteiger partial charge is 0.497 e. The predicted molar refractivity (Wildman–Crippen MR) is 92.3 cm³/mol. The number of rotatable bonds is 6. The van der Waals surface area contributed by atoms with E-state index in [2.05, 4.69) is 10.3 Å². The monoisotopic (exact) mass is 364 g/mol. The van der Waals surface area contributed by atoms with Crippen molar-refractivity contribution in [2.24, 2.45) is 0 Å². The van der Waals surface area contributed by atoms with Crippen LogP contribution in [0.4, 0.5) is 5.69 Å². The molecule has 0 aliphatic heterocycles. The third kappa shape index (κ3) is 4.84. The maximum absolute atomic E-state index is 12.2. The Hall–Kier alpha value is -2.80. The van der Waals surface area contributed by atoms with Gasteiger partial charge in [0.1, 0.15) is 16.7 Å². The molecule has 1 amide bonds. The first-order valence-corrected chi connectivity index (χ1v) is 7.67. The lowest BCUT2D eigenvalue weighted by Gasteiger charge is -2.15. The SMILES string of the molecule is COc1cc(NC(=O)C(C)OC(=O)c2cccnc2Cl)cc(OC)c1. The summed E-state index contributed by atoms with van der Waals surface area (Å²) in [4.78, 5) is 28.1. The molecule has 1 aromatic heterocycles. The normalized spacial score (nSPS) is 11.4. The van der Waals surface area contributed by atoms with Gasteiger partial charge >= 0.3 is 5.97 Å². The van der Waals surface area contributed by atoms with Gasteiger partial charge in [0.2, 0.25) is 0 Å². The third-order valence-electron chi connectivity index (χ3n) is 3.25. The minimum atomic E-state index is -1.04. The van der Waals surface area contributed by atoms with E-state index in [1.54, 1.807) is 24.3 Å². The molecule has 0 saturated heterocycles. The molecule has 1 atom stereocenters. The quantitative estimate of drug-likeness (QED) is 0.626. The lowest BCUT2D eigenvalue weighted by atomic mass is 10.2. The number of hydrogen-bond donors (Lipinski definition) is 1. The summed E-state index contributed by atoms with van der Waals surface area (Å²) in [6.45, 7) is 1.45. The molecule has 132 valence electrons. The highest BCUT2D eigenvalue weighted by Gasteiger charge is 2.21. The van der Waals surface area contributed by atoms with Gasteiger partial charge in [-0.1, -0.05) is 11.6 Å². The summed E-state index contributed by atoms with van der Waals surface area (Å²) in [6.07, 6.45) is 0.409. The highest BCUT2D eigenvalue weighted by Crippen LogP contribution is 2.26. The molecule has 0 radical (unpaired) electrons. The molecule has 0 saturated carbocycles. The van der Waals surface area contributed by atoms with Crippen LogP contribution in [0, 0.1) is 0 Å². The maximum Gasteiger partial charge on any atom is 0.342 e. The molecule has 1 aromatic carbocycles. The molecule has 1 heterocycles. The Bertz CT molecular complexity index is 759. The highest BCUT2D eigenvalue weighted by atomic mass is 35.5. The standard InChI is InChI=1S/C17H17ClN2O5/c1-10(25-17(22)14-5-4-6-19-15(14)18)16(21)20-11-7-12(23-2)9-13(8-11)24-3/h4-10H,1-3H3,(H,20,21). The minimum absolute atomic E-state index is 0.0117. The minimum Gasteiger partial charge on any atom is -0.497 e. The van der Waals surface area contributed by atoms with Crippen molar-refractivity contribution in [3.05, 3.63) is 47.2 Å². The van der Waals surface area contributed by atoms with Crippen molar-refractivity contribution in [2.75, 3.05) is 19.5 Å². The second kappa shape index (κ2) is 8.34. The van der Waals surface area contributed by atoms with Crippen LogP contribution in [0.1, 0.15) is 17.3 Å². The number of aromatic nitrogens is 1. The van der Waals surface area contributed by atoms with Gasteiger partial charge in [-0.05, 0) is 19.1 Å². The maximum atomic E-state index is 12.2. The molecular weight excluding hydrogens is 348 g/mol. The fraction of sp³-hybridized carbons (Fsp3) is 0.235. The van der Waals surface area contributed by atoms with E-state index >= 15 is 0 Å². The predicted octanol–water partition coefficient (Wildman–Crippen LogP) is 2.94. The molecular formula is C17H17ClN2O5. The summed E-state index contributed by atoms with van der Waals surface area (Å²) in [6, 6.07) is 7.92. The van der Waals surface area contributed by atoms with E-state index in [-0.39, 0.29) is 10.7 Å². The lowest BCUT2D eigenvalue weighted by molar-refractivity contribution is -0.123. The van der Waals surface area contributed by atoms with Crippen LogP contribution in [-0.2, 0) is 9.53 Å². The molecule has 2 aromatic rings. The fourth-order valence-corrected chi connectivity index (χ4v) is 2.14. The van der Waals surface area contributed by atoms with Gasteiger partial charge in [0.15, 0.2) is 6.10 Å². The van der Waals surface area contributed by atoms with Crippen LogP contribution in [0.3, 0.4) is 0 Å². The fourth-order valence-electron chi connectivity index (χ4n) is 1.94. The van der Waals surface area contributed by atoms with Gasteiger partial charge in [0.05, 0.1) is 19.8 Å². The van der Waals surface area contributed by atoms with Crippen LogP contribution >= 0.6 is 11.6 Å². The number of anilines is 1. The second-order valence-corrected chi connectivity index (χ2v) is 5.34. The van der Waals surface area contributed by atoms with Crippen molar-refractivity contribution in [3.63, 3.8) is 0 Å². The van der Waals surface area contributed by atoms with E-state index in [9.17, 15) is 9.59 Å². The zero-order valence-electron chi connectivity index (χ0n) is 13.9. The Kier molecular flexibility index (Phi) is 6.19. The van der Waals surface area contributed by atoms with Gasteiger partial charge in [-0.15, -0.1) is 0 Å². The van der Waals surface area contributed by atoms with E-state index in [4.69, 9.17) is 25.8 Å². The summed E-state index contributed by atoms with van der Waals surface area (Å²) in [5.74, 6) is -0.212. The van der Waals surface area contributed by atoms with Gasteiger partial charge in [-0.3, -0.25) is 4.79 Å². The summed E-state index contributed by atoms with van der Waals surface area (Å²) >= 11 is 5.84. The average molecular weight is 365 g/mol. The van der Waals surface area contributed by atoms with Crippen molar-refractivity contribution in [1.82, 2.24) is 4.98 Å². The summed E-state index contributed by atoms with van der Waals surface area (Å²) in [7, 11) is 3.00. The summed E-state index contributed by atoms with van der Waals surface area (Å²) in [5, 5.41) is 2.65. The van der Waals surface area contributed by atoms with Crippen molar-refractivity contribution < 1.29 is 23.8 Å². The zero-order valence-corrected chi connectivity index (χ0v) is 14.7. The van der Waals surface area contributed by atoms with Crippen LogP contribution < -0.4 is 14.8 Å². The topological polar surface area (TPSA) is 86.8 Å². The molecule has 2 rings (SSSR count). The van der Waals surface area contributed by atoms with Crippen LogP contribution in [0.25, 0.3) is 0 Å². The number of carbonyl (C=O) groups excluding carboxylic acids is 2. The van der Waals surface area contributed by atoms with Crippen LogP contribution in [0.2, 0.25) is 5.15 Å². The highest BCUT2D eigenvalue weighted by molar-refractivity contribution is 6.32. The number of nitrogens with one attached hydrogen (secondary N) is 1. The molecule has 0 aliphatic carbocycles. The molecule has 25 heavy (non-hydrogen) atoms. The van der Waals surface area contributed by atoms with Crippen LogP contribution in [-0.4, -0.2) is 37.2 Å². The van der Waals surface area contributed by atoms with Crippen molar-refractivity contribution in [1.29, 1.82) is 0 Å². The Labute approximate surface area is 149 Å². The Morgan fingerprint density at radius 2 is 1.80 bits per heavy atom. The number of pyridine rings is 1. The molecule has 0 aliphatic rings. The molecule has 7 nitrogen and oxygen atoms in total. The number of esters is 1. The first-order chi connectivity index (χ1) is 11.9. The number of amides is 1. The van der Waals surface area contributed by atoms with Gasteiger partial charge in [0, 0.05) is 30.1 Å². The van der Waals surface area contributed by atoms with Crippen molar-refractivity contribution in [2.45, 2.75) is 13.0 Å². The van der Waals surface area contributed by atoms with E-state index in [0.717, 1.165) is 0 Å². The molecule has 0 fully saturated rings. The second-order valence-electron chi connectivity index (χ2n) is 4.98. The number of halogens is 1. The number of ether oxygens (including phenoxy) is 3. The molecule has 0 spiro atoms. The first-order valence-electron chi connectivity index (χ1n) is 7.30. The van der Waals surface area contributed by atoms with E-state index in [1.807, 2.05) is 0 Å². The number of methoxy groups -OCH3 is 2. The molecule has 8 heteroatoms. The zero-order chi connectivity index (χ0) is 18.4. The van der Waals surface area contributed by atoms with Gasteiger partial charge < -0.3 is 19.5 Å². The molecule has 1 unspecified atom stereocenters. The van der Waals surface area contributed by atoms with Gasteiger partial charge in [0.25, 0.3) is 5.91 Å². The first kappa shape index (κ1) is 18.5. The molecule has 0 bridgehead atoms. The van der Waals surface area contributed by atoms with E-state index in [1.165, 1.54) is 33.4 Å². The Morgan fingerprint density at radius 1 is 1.16 bits per heavy atom. The van der Waals surface area contributed by atoms with Gasteiger partial charge in [-0.25, -0.2) is 9.78 Å². The Morgan fingerprint density at radius 3 is 2.36 bits per heavy atom. The van der Waals surface area contributed by atoms with E-state index in [0.29, 0.717) is 17.2 Å². The summed E-state index contributed by atoms with van der Waals surface area (Å²) in [5.41, 5.74) is 0.537. The van der Waals surface area contributed by atoms with Crippen LogP contribution in [0.15, 0.2) is 36.5 Å². The molecule has 1 N–H and O–H groups in total. The smallest absolute Gasteiger partial charge is 0.342 e. The number of hydrogen-bond acceptors (Lipinski definition) is 6. The Balaban J connectivity index is 2.05.